The van der Waals surface area contributed by atoms with Crippen molar-refractivity contribution in [1.82, 2.24) is 10.2 Å². The highest BCUT2D eigenvalue weighted by Crippen LogP contribution is 2.15. The third kappa shape index (κ3) is 4.82. The molecule has 1 heterocycles. The highest BCUT2D eigenvalue weighted by molar-refractivity contribution is 5.77. The molecule has 5 heteroatoms. The SMILES string of the molecule is CCN1CCCC1CNC(N)=NCC(C)(C)OC. The molecule has 1 saturated heterocycles. The van der Waals surface area contributed by atoms with Gasteiger partial charge in [0.05, 0.1) is 12.1 Å². The van der Waals surface area contributed by atoms with Crippen LogP contribution >= 0.6 is 0 Å². The van der Waals surface area contributed by atoms with Crippen LogP contribution in [-0.2, 0) is 4.74 Å². The van der Waals surface area contributed by atoms with Gasteiger partial charge >= 0.3 is 0 Å². The molecule has 0 radical (unpaired) electrons. The van der Waals surface area contributed by atoms with Gasteiger partial charge in [-0.25, -0.2) is 0 Å². The molecule has 106 valence electrons. The first-order valence-electron chi connectivity index (χ1n) is 6.81. The molecule has 0 amide bonds. The molecule has 5 nitrogen and oxygen atoms in total. The molecule has 0 saturated carbocycles. The van der Waals surface area contributed by atoms with Crippen LogP contribution < -0.4 is 11.1 Å². The maximum Gasteiger partial charge on any atom is 0.188 e. The Hall–Kier alpha value is -0.810. The van der Waals surface area contributed by atoms with Crippen molar-refractivity contribution in [3.63, 3.8) is 0 Å². The van der Waals surface area contributed by atoms with Crippen molar-refractivity contribution < 1.29 is 4.74 Å². The summed E-state index contributed by atoms with van der Waals surface area (Å²) in [6.45, 7) is 9.98. The second-order valence-corrected chi connectivity index (χ2v) is 5.47. The van der Waals surface area contributed by atoms with Crippen LogP contribution in [0, 0.1) is 0 Å². The summed E-state index contributed by atoms with van der Waals surface area (Å²) in [4.78, 5) is 6.80. The Bertz CT molecular complexity index is 278. The van der Waals surface area contributed by atoms with Gasteiger partial charge < -0.3 is 15.8 Å². The van der Waals surface area contributed by atoms with Gasteiger partial charge in [0.1, 0.15) is 0 Å². The zero-order valence-corrected chi connectivity index (χ0v) is 12.2. The maximum absolute atomic E-state index is 5.87. The number of hydrogen-bond acceptors (Lipinski definition) is 3. The number of methoxy groups -OCH3 is 1. The molecular formula is C13H28N4O. The van der Waals surface area contributed by atoms with Crippen LogP contribution in [-0.4, -0.2) is 55.8 Å². The summed E-state index contributed by atoms with van der Waals surface area (Å²) < 4.78 is 5.30. The first kappa shape index (κ1) is 15.2. The van der Waals surface area contributed by atoms with Crippen molar-refractivity contribution in [2.24, 2.45) is 10.7 Å². The smallest absolute Gasteiger partial charge is 0.188 e. The molecule has 0 spiro atoms. The zero-order chi connectivity index (χ0) is 13.6. The molecule has 18 heavy (non-hydrogen) atoms. The molecule has 1 fully saturated rings. The molecule has 0 aromatic heterocycles. The summed E-state index contributed by atoms with van der Waals surface area (Å²) in [5.41, 5.74) is 5.61. The van der Waals surface area contributed by atoms with Crippen LogP contribution in [0.2, 0.25) is 0 Å². The molecule has 1 aliphatic rings. The number of rotatable bonds is 6. The maximum atomic E-state index is 5.87. The minimum absolute atomic E-state index is 0.255. The van der Waals surface area contributed by atoms with Gasteiger partial charge in [0, 0.05) is 19.7 Å². The van der Waals surface area contributed by atoms with E-state index in [0.717, 1.165) is 13.1 Å². The van der Waals surface area contributed by atoms with Gasteiger partial charge in [-0.05, 0) is 39.8 Å². The Morgan fingerprint density at radius 1 is 1.56 bits per heavy atom. The normalized spacial score (nSPS) is 22.4. The second kappa shape index (κ2) is 6.95. The van der Waals surface area contributed by atoms with E-state index in [1.54, 1.807) is 7.11 Å². The molecule has 0 aliphatic carbocycles. The van der Waals surface area contributed by atoms with Crippen LogP contribution in [0.15, 0.2) is 4.99 Å². The highest BCUT2D eigenvalue weighted by Gasteiger charge is 2.22. The van der Waals surface area contributed by atoms with E-state index in [1.165, 1.54) is 19.4 Å². The monoisotopic (exact) mass is 256 g/mol. The Morgan fingerprint density at radius 3 is 2.89 bits per heavy atom. The molecule has 0 bridgehead atoms. The van der Waals surface area contributed by atoms with Crippen molar-refractivity contribution in [3.8, 4) is 0 Å². The number of likely N-dealkylation sites (tertiary alicyclic amines) is 1. The van der Waals surface area contributed by atoms with Gasteiger partial charge in [-0.15, -0.1) is 0 Å². The molecule has 1 rings (SSSR count). The summed E-state index contributed by atoms with van der Waals surface area (Å²) in [6, 6.07) is 0.596. The molecule has 1 atom stereocenters. The lowest BCUT2D eigenvalue weighted by Gasteiger charge is -2.23. The van der Waals surface area contributed by atoms with E-state index in [-0.39, 0.29) is 5.60 Å². The van der Waals surface area contributed by atoms with Gasteiger partial charge in [0.25, 0.3) is 0 Å². The van der Waals surface area contributed by atoms with Crippen molar-refractivity contribution in [1.29, 1.82) is 0 Å². The molecule has 3 N–H and O–H groups in total. The number of nitrogens with zero attached hydrogens (tertiary/aromatic N) is 2. The standard InChI is InChI=1S/C13H28N4O/c1-5-17-8-6-7-11(17)9-15-12(14)16-10-13(2,3)18-4/h11H,5-10H2,1-4H3,(H3,14,15,16). The summed E-state index contributed by atoms with van der Waals surface area (Å²) >= 11 is 0. The van der Waals surface area contributed by atoms with Gasteiger partial charge in [-0.1, -0.05) is 6.92 Å². The fourth-order valence-corrected chi connectivity index (χ4v) is 2.16. The van der Waals surface area contributed by atoms with Gasteiger partial charge in [0.2, 0.25) is 0 Å². The third-order valence-corrected chi connectivity index (χ3v) is 3.61. The Kier molecular flexibility index (Phi) is 5.88. The van der Waals surface area contributed by atoms with Crippen LogP contribution in [0.5, 0.6) is 0 Å². The van der Waals surface area contributed by atoms with Gasteiger partial charge in [-0.2, -0.15) is 0 Å². The lowest BCUT2D eigenvalue weighted by atomic mass is 10.1. The van der Waals surface area contributed by atoms with Crippen molar-refractivity contribution in [2.45, 2.75) is 45.3 Å². The molecule has 1 unspecified atom stereocenters. The van der Waals surface area contributed by atoms with Crippen molar-refractivity contribution in [3.05, 3.63) is 0 Å². The second-order valence-electron chi connectivity index (χ2n) is 5.47. The molecular weight excluding hydrogens is 228 g/mol. The third-order valence-electron chi connectivity index (χ3n) is 3.61. The molecule has 0 aromatic rings. The average molecular weight is 256 g/mol. The molecule has 0 aromatic carbocycles. The quantitative estimate of drug-likeness (QED) is 0.545. The van der Waals surface area contributed by atoms with E-state index in [9.17, 15) is 0 Å². The topological polar surface area (TPSA) is 62.9 Å². The van der Waals surface area contributed by atoms with E-state index in [1.807, 2.05) is 13.8 Å². The Labute approximate surface area is 111 Å². The number of nitrogens with two attached hydrogens (primary N) is 1. The Morgan fingerprint density at radius 2 is 2.28 bits per heavy atom. The number of ether oxygens (including phenoxy) is 1. The predicted molar refractivity (Wildman–Crippen MR) is 75.8 cm³/mol. The number of nitrogens with one attached hydrogen (secondary N) is 1. The number of likely N-dealkylation sites (N-methyl/N-ethyl adjacent to an activating group) is 1. The van der Waals surface area contributed by atoms with E-state index >= 15 is 0 Å². The minimum Gasteiger partial charge on any atom is -0.377 e. The first-order valence-corrected chi connectivity index (χ1v) is 6.81. The lowest BCUT2D eigenvalue weighted by molar-refractivity contribution is 0.0311. The minimum atomic E-state index is -0.255. The van der Waals surface area contributed by atoms with Crippen LogP contribution in [0.3, 0.4) is 0 Å². The summed E-state index contributed by atoms with van der Waals surface area (Å²) in [5.74, 6) is 0.517. The average Bonchev–Trinajstić information content (AvgIpc) is 2.81. The number of hydrogen-bond donors (Lipinski definition) is 2. The van der Waals surface area contributed by atoms with Gasteiger partial charge in [-0.3, -0.25) is 9.89 Å². The zero-order valence-electron chi connectivity index (χ0n) is 12.2. The first-order chi connectivity index (χ1) is 8.48. The lowest BCUT2D eigenvalue weighted by Crippen LogP contribution is -2.43. The summed E-state index contributed by atoms with van der Waals surface area (Å²) in [7, 11) is 1.69. The fraction of sp³-hybridized carbons (Fsp3) is 0.923. The van der Waals surface area contributed by atoms with E-state index in [2.05, 4.69) is 22.1 Å². The van der Waals surface area contributed by atoms with Crippen molar-refractivity contribution in [2.75, 3.05) is 33.3 Å². The summed E-state index contributed by atoms with van der Waals surface area (Å²) in [5, 5.41) is 3.22. The van der Waals surface area contributed by atoms with E-state index < -0.39 is 0 Å². The van der Waals surface area contributed by atoms with E-state index in [0.29, 0.717) is 18.5 Å². The summed E-state index contributed by atoms with van der Waals surface area (Å²) in [6.07, 6.45) is 2.53. The highest BCUT2D eigenvalue weighted by atomic mass is 16.5. The largest absolute Gasteiger partial charge is 0.377 e. The van der Waals surface area contributed by atoms with Crippen molar-refractivity contribution >= 4 is 5.96 Å². The fourth-order valence-electron chi connectivity index (χ4n) is 2.16. The van der Waals surface area contributed by atoms with Gasteiger partial charge in [0.15, 0.2) is 5.96 Å². The number of aliphatic imine (C=N–C) groups is 1. The Balaban J connectivity index is 2.32. The van der Waals surface area contributed by atoms with E-state index in [4.69, 9.17) is 10.5 Å². The van der Waals surface area contributed by atoms with Crippen LogP contribution in [0.25, 0.3) is 0 Å². The number of guanidine groups is 1. The van der Waals surface area contributed by atoms with Crippen LogP contribution in [0.4, 0.5) is 0 Å². The molecule has 1 aliphatic heterocycles. The van der Waals surface area contributed by atoms with Crippen LogP contribution in [0.1, 0.15) is 33.6 Å². The predicted octanol–water partition coefficient (Wildman–Crippen LogP) is 0.800.